The van der Waals surface area contributed by atoms with Crippen molar-refractivity contribution >= 4 is 0 Å². The third-order valence-electron chi connectivity index (χ3n) is 10.8. The molecule has 0 aliphatic heterocycles. The van der Waals surface area contributed by atoms with Gasteiger partial charge in [-0.05, 0) is 60.2 Å². The lowest BCUT2D eigenvalue weighted by molar-refractivity contribution is -0.264. The molecule has 0 saturated heterocycles. The number of rotatable bonds is 35. The van der Waals surface area contributed by atoms with Gasteiger partial charge in [-0.15, -0.1) is 0 Å². The minimum Gasteiger partial charge on any atom is -0.379 e. The van der Waals surface area contributed by atoms with Crippen LogP contribution >= 0.6 is 0 Å². The fraction of sp³-hybridized carbons (Fsp3) is 1.00. The third kappa shape index (κ3) is 32.8. The van der Waals surface area contributed by atoms with Crippen LogP contribution in [0.25, 0.3) is 0 Å². The Morgan fingerprint density at radius 1 is 0.362 bits per heavy atom. The van der Waals surface area contributed by atoms with Crippen LogP contribution in [0.5, 0.6) is 0 Å². The molecule has 7 unspecified atom stereocenters. The van der Waals surface area contributed by atoms with Gasteiger partial charge in [0.2, 0.25) is 0 Å². The van der Waals surface area contributed by atoms with Crippen LogP contribution in [0.15, 0.2) is 0 Å². The quantitative estimate of drug-likeness (QED) is 0.0415. The van der Waals surface area contributed by atoms with Crippen molar-refractivity contribution in [2.24, 2.45) is 47.3 Å². The van der Waals surface area contributed by atoms with Crippen LogP contribution in [0, 0.1) is 47.3 Å². The Bertz CT molecular complexity index is 637. The molecule has 0 aromatic carbocycles. The molecule has 1 N–H and O–H groups in total. The Morgan fingerprint density at radius 3 is 0.979 bits per heavy atom. The molecule has 47 heavy (non-hydrogen) atoms. The molecule has 284 valence electrons. The van der Waals surface area contributed by atoms with E-state index in [0.717, 1.165) is 55.0 Å². The summed E-state index contributed by atoms with van der Waals surface area (Å²) in [6.45, 7) is 25.9. The van der Waals surface area contributed by atoms with Crippen molar-refractivity contribution in [3.63, 3.8) is 0 Å². The molecule has 0 aromatic heterocycles. The summed E-state index contributed by atoms with van der Waals surface area (Å²) in [5, 5.41) is 9.05. The first kappa shape index (κ1) is 46.8. The molecular weight excluding hydrogens is 580 g/mol. The standard InChI is InChI=1S/C43H88O4/c1-35(2)17-11-19-37(5)21-13-23-39(7)25-15-27-41(9)29-31-45-33-43(34-47-44)46-32-30-42(10)28-16-26-40(8)24-14-22-38(6)20-12-18-36(3)4/h35-44H,11-34H2,1-10H3. The van der Waals surface area contributed by atoms with Gasteiger partial charge in [-0.1, -0.05) is 185 Å². The molecule has 4 heteroatoms. The zero-order chi connectivity index (χ0) is 35.3. The number of hydrogen-bond donors (Lipinski definition) is 1. The van der Waals surface area contributed by atoms with Gasteiger partial charge >= 0.3 is 0 Å². The Balaban J connectivity index is 3.87. The number of hydrogen-bond acceptors (Lipinski definition) is 4. The highest BCUT2D eigenvalue weighted by Crippen LogP contribution is 2.24. The van der Waals surface area contributed by atoms with Gasteiger partial charge in [0.1, 0.15) is 12.7 Å². The zero-order valence-electron chi connectivity index (χ0n) is 33.8. The molecule has 4 nitrogen and oxygen atoms in total. The predicted molar refractivity (Wildman–Crippen MR) is 206 cm³/mol. The van der Waals surface area contributed by atoms with Gasteiger partial charge in [0.05, 0.1) is 6.61 Å². The summed E-state index contributed by atoms with van der Waals surface area (Å²) in [5.41, 5.74) is 0. The van der Waals surface area contributed by atoms with Gasteiger partial charge in [0, 0.05) is 13.2 Å². The smallest absolute Gasteiger partial charge is 0.110 e. The largest absolute Gasteiger partial charge is 0.379 e. The molecule has 7 atom stereocenters. The predicted octanol–water partition coefficient (Wildman–Crippen LogP) is 13.8. The zero-order valence-corrected chi connectivity index (χ0v) is 33.8. The van der Waals surface area contributed by atoms with Crippen molar-refractivity contribution < 1.29 is 19.6 Å². The molecule has 0 radical (unpaired) electrons. The molecular formula is C43H88O4. The van der Waals surface area contributed by atoms with E-state index in [1.165, 1.54) is 116 Å². The maximum atomic E-state index is 9.05. The first-order valence-corrected chi connectivity index (χ1v) is 20.9. The normalized spacial score (nSPS) is 16.8. The molecule has 0 spiro atoms. The van der Waals surface area contributed by atoms with Crippen molar-refractivity contribution in [1.82, 2.24) is 0 Å². The number of ether oxygens (including phenoxy) is 2. The fourth-order valence-electron chi connectivity index (χ4n) is 7.04. The molecule has 0 aliphatic carbocycles. The fourth-order valence-corrected chi connectivity index (χ4v) is 7.04. The monoisotopic (exact) mass is 669 g/mol. The van der Waals surface area contributed by atoms with E-state index in [9.17, 15) is 0 Å². The molecule has 0 rings (SSSR count). The highest BCUT2D eigenvalue weighted by molar-refractivity contribution is 4.64. The van der Waals surface area contributed by atoms with E-state index >= 15 is 0 Å². The second kappa shape index (κ2) is 31.8. The SMILES string of the molecule is CC(C)CCCC(C)CCCC(C)CCCC(C)CCOCC(COO)OCCC(C)CCCC(C)CCCC(C)CCCC(C)C. The molecule has 0 aromatic rings. The van der Waals surface area contributed by atoms with Gasteiger partial charge < -0.3 is 9.47 Å². The lowest BCUT2D eigenvalue weighted by Crippen LogP contribution is -2.26. The Labute approximate surface area is 296 Å². The Morgan fingerprint density at radius 2 is 0.660 bits per heavy atom. The van der Waals surface area contributed by atoms with Crippen LogP contribution in [0.4, 0.5) is 0 Å². The maximum Gasteiger partial charge on any atom is 0.110 e. The van der Waals surface area contributed by atoms with Gasteiger partial charge in [0.25, 0.3) is 0 Å². The van der Waals surface area contributed by atoms with E-state index in [1.807, 2.05) is 0 Å². The topological polar surface area (TPSA) is 47.9 Å². The van der Waals surface area contributed by atoms with Crippen molar-refractivity contribution in [1.29, 1.82) is 0 Å². The summed E-state index contributed by atoms with van der Waals surface area (Å²) < 4.78 is 12.0. The highest BCUT2D eigenvalue weighted by atomic mass is 17.1. The van der Waals surface area contributed by atoms with Crippen LogP contribution in [0.3, 0.4) is 0 Å². The molecule has 0 amide bonds. The maximum absolute atomic E-state index is 9.05. The van der Waals surface area contributed by atoms with E-state index in [-0.39, 0.29) is 12.7 Å². The van der Waals surface area contributed by atoms with Crippen molar-refractivity contribution in [2.75, 3.05) is 26.4 Å². The third-order valence-corrected chi connectivity index (χ3v) is 10.8. The molecule has 0 heterocycles. The van der Waals surface area contributed by atoms with Crippen molar-refractivity contribution in [3.05, 3.63) is 0 Å². The second-order valence-corrected chi connectivity index (χ2v) is 17.4. The van der Waals surface area contributed by atoms with E-state index in [1.54, 1.807) is 0 Å². The van der Waals surface area contributed by atoms with Crippen LogP contribution < -0.4 is 0 Å². The van der Waals surface area contributed by atoms with Gasteiger partial charge in [0.15, 0.2) is 0 Å². The van der Waals surface area contributed by atoms with E-state index in [0.29, 0.717) is 25.0 Å². The average molecular weight is 669 g/mol. The summed E-state index contributed by atoms with van der Waals surface area (Å²) >= 11 is 0. The Kier molecular flexibility index (Phi) is 31.7. The first-order chi connectivity index (χ1) is 22.4. The van der Waals surface area contributed by atoms with E-state index in [2.05, 4.69) is 74.1 Å². The second-order valence-electron chi connectivity index (χ2n) is 17.4. The van der Waals surface area contributed by atoms with Crippen molar-refractivity contribution in [3.8, 4) is 0 Å². The van der Waals surface area contributed by atoms with Crippen LogP contribution in [0.1, 0.15) is 198 Å². The van der Waals surface area contributed by atoms with E-state index in [4.69, 9.17) is 14.7 Å². The summed E-state index contributed by atoms with van der Waals surface area (Å²) in [7, 11) is 0. The highest BCUT2D eigenvalue weighted by Gasteiger charge is 2.14. The van der Waals surface area contributed by atoms with Crippen LogP contribution in [0.2, 0.25) is 0 Å². The molecule has 0 bridgehead atoms. The average Bonchev–Trinajstić information content (AvgIpc) is 2.99. The van der Waals surface area contributed by atoms with Gasteiger partial charge in [-0.25, -0.2) is 4.89 Å². The first-order valence-electron chi connectivity index (χ1n) is 20.9. The van der Waals surface area contributed by atoms with Crippen LogP contribution in [-0.2, 0) is 14.4 Å². The van der Waals surface area contributed by atoms with E-state index < -0.39 is 0 Å². The molecule has 0 fully saturated rings. The summed E-state index contributed by atoms with van der Waals surface area (Å²) in [6, 6.07) is 0. The minimum absolute atomic E-state index is 0.173. The lowest BCUT2D eigenvalue weighted by atomic mass is 9.91. The lowest BCUT2D eigenvalue weighted by Gasteiger charge is -2.19. The summed E-state index contributed by atoms with van der Waals surface area (Å²) in [4.78, 5) is 4.44. The van der Waals surface area contributed by atoms with Crippen LogP contribution in [-0.4, -0.2) is 37.8 Å². The summed E-state index contributed by atoms with van der Waals surface area (Å²) in [5.74, 6) is 6.49. The minimum atomic E-state index is -0.200. The molecule has 0 saturated carbocycles. The van der Waals surface area contributed by atoms with Crippen molar-refractivity contribution in [2.45, 2.75) is 204 Å². The molecule has 0 aliphatic rings. The van der Waals surface area contributed by atoms with Gasteiger partial charge in [-0.3, -0.25) is 5.26 Å². The Hall–Kier alpha value is -0.160. The summed E-state index contributed by atoms with van der Waals surface area (Å²) in [6.07, 6.45) is 26.5. The van der Waals surface area contributed by atoms with Gasteiger partial charge in [-0.2, -0.15) is 0 Å².